The highest BCUT2D eigenvalue weighted by molar-refractivity contribution is 6.35. The van der Waals surface area contributed by atoms with Gasteiger partial charge in [-0.3, -0.25) is 0 Å². The molecule has 35 heavy (non-hydrogen) atoms. The molecule has 2 aliphatic rings. The fourth-order valence-corrected chi connectivity index (χ4v) is 5.82. The van der Waals surface area contributed by atoms with E-state index in [1.165, 1.54) is 55.5 Å². The summed E-state index contributed by atoms with van der Waals surface area (Å²) < 4.78 is 0. The molecule has 2 aromatic rings. The summed E-state index contributed by atoms with van der Waals surface area (Å²) in [5, 5.41) is 7.97. The molecule has 2 unspecified atom stereocenters. The van der Waals surface area contributed by atoms with Crippen LogP contribution in [0.15, 0.2) is 55.4 Å². The summed E-state index contributed by atoms with van der Waals surface area (Å²) in [6, 6.07) is 12.1. The van der Waals surface area contributed by atoms with Gasteiger partial charge >= 0.3 is 0 Å². The normalized spacial score (nSPS) is 19.2. The number of halogens is 2. The maximum Gasteiger partial charge on any atom is 0.0959 e. The minimum Gasteiger partial charge on any atom is -0.371 e. The van der Waals surface area contributed by atoms with Gasteiger partial charge in [-0.15, -0.1) is 0 Å². The first-order valence-electron chi connectivity index (χ1n) is 13.2. The van der Waals surface area contributed by atoms with Crippen molar-refractivity contribution in [2.75, 3.05) is 18.4 Å². The minimum absolute atomic E-state index is 0.578. The van der Waals surface area contributed by atoms with Gasteiger partial charge in [-0.1, -0.05) is 88.5 Å². The molecule has 0 amide bonds. The lowest BCUT2D eigenvalue weighted by Gasteiger charge is -2.43. The number of hydrogen-bond donors (Lipinski definition) is 2. The zero-order valence-electron chi connectivity index (χ0n) is 21.6. The molecular formula is C30H41Cl2N3. The fraction of sp³-hybridized carbons (Fsp3) is 0.467. The number of likely N-dealkylation sites (tertiary alicyclic amines) is 1. The standard InChI is InChI=1S/C28H35Cl2N3.C2H6/c1-4-21-15-26(32-20(3)31-17-23-9-10-25(29)16-28(23)30)11-12-27(21)19(2)33-14-13-22-7-5-6-8-24(22)18-33;1-2/h9-12,15-16,22,24,31-32H,2-8,13-14,17-18H2,1H3;1-2H3. The Morgan fingerprint density at radius 1 is 0.971 bits per heavy atom. The van der Waals surface area contributed by atoms with Crippen molar-refractivity contribution in [3.63, 3.8) is 0 Å². The van der Waals surface area contributed by atoms with Gasteiger partial charge in [-0.2, -0.15) is 0 Å². The summed E-state index contributed by atoms with van der Waals surface area (Å²) in [7, 11) is 0. The molecule has 4 rings (SSSR count). The molecule has 2 fully saturated rings. The van der Waals surface area contributed by atoms with E-state index in [9.17, 15) is 0 Å². The van der Waals surface area contributed by atoms with Crippen LogP contribution in [0.2, 0.25) is 10.0 Å². The summed E-state index contributed by atoms with van der Waals surface area (Å²) in [6.07, 6.45) is 7.90. The van der Waals surface area contributed by atoms with E-state index >= 15 is 0 Å². The molecule has 0 spiro atoms. The molecule has 1 heterocycles. The van der Waals surface area contributed by atoms with E-state index in [0.717, 1.165) is 41.9 Å². The topological polar surface area (TPSA) is 27.3 Å². The number of fused-ring (bicyclic) bond motifs is 1. The summed E-state index contributed by atoms with van der Waals surface area (Å²) in [5.41, 5.74) is 5.76. The molecule has 1 aliphatic heterocycles. The molecule has 1 saturated carbocycles. The number of hydrogen-bond acceptors (Lipinski definition) is 3. The van der Waals surface area contributed by atoms with Crippen molar-refractivity contribution in [1.82, 2.24) is 10.2 Å². The third kappa shape index (κ3) is 7.21. The van der Waals surface area contributed by atoms with Crippen LogP contribution in [0.25, 0.3) is 5.70 Å². The third-order valence-corrected chi connectivity index (χ3v) is 7.86. The minimum atomic E-state index is 0.578. The highest BCUT2D eigenvalue weighted by atomic mass is 35.5. The third-order valence-electron chi connectivity index (χ3n) is 7.27. The lowest BCUT2D eigenvalue weighted by atomic mass is 9.75. The molecule has 1 saturated heterocycles. The number of piperidine rings is 1. The van der Waals surface area contributed by atoms with Crippen molar-refractivity contribution in [3.8, 4) is 0 Å². The summed E-state index contributed by atoms with van der Waals surface area (Å²) in [4.78, 5) is 2.53. The van der Waals surface area contributed by atoms with Crippen LogP contribution in [-0.4, -0.2) is 18.0 Å². The van der Waals surface area contributed by atoms with E-state index in [-0.39, 0.29) is 0 Å². The summed E-state index contributed by atoms with van der Waals surface area (Å²) in [6.45, 7) is 17.7. The Kier molecular flexibility index (Phi) is 10.4. The van der Waals surface area contributed by atoms with Crippen LogP contribution in [0.5, 0.6) is 0 Å². The molecule has 5 heteroatoms. The van der Waals surface area contributed by atoms with Crippen LogP contribution in [0.3, 0.4) is 0 Å². The SMILES string of the molecule is C=C(NCc1ccc(Cl)cc1Cl)Nc1ccc(C(=C)N2CCC3CCCCC3C2)c(CC)c1.CC. The van der Waals surface area contributed by atoms with Crippen molar-refractivity contribution in [1.29, 1.82) is 0 Å². The van der Waals surface area contributed by atoms with Crippen molar-refractivity contribution < 1.29 is 0 Å². The second kappa shape index (κ2) is 13.3. The highest BCUT2D eigenvalue weighted by Crippen LogP contribution is 2.38. The molecule has 2 N–H and O–H groups in total. The molecule has 2 atom stereocenters. The van der Waals surface area contributed by atoms with E-state index in [1.54, 1.807) is 6.07 Å². The Hall–Kier alpha value is -2.10. The van der Waals surface area contributed by atoms with Gasteiger partial charge in [0.05, 0.1) is 5.82 Å². The van der Waals surface area contributed by atoms with Crippen LogP contribution >= 0.6 is 23.2 Å². The molecule has 0 bridgehead atoms. The number of nitrogens with zero attached hydrogens (tertiary/aromatic N) is 1. The lowest BCUT2D eigenvalue weighted by molar-refractivity contribution is 0.124. The highest BCUT2D eigenvalue weighted by Gasteiger charge is 2.31. The quantitative estimate of drug-likeness (QED) is 0.369. The van der Waals surface area contributed by atoms with Crippen molar-refractivity contribution in [2.24, 2.45) is 11.8 Å². The average Bonchev–Trinajstić information content (AvgIpc) is 2.88. The maximum absolute atomic E-state index is 6.27. The Labute approximate surface area is 222 Å². The monoisotopic (exact) mass is 513 g/mol. The van der Waals surface area contributed by atoms with E-state index in [2.05, 4.69) is 53.8 Å². The van der Waals surface area contributed by atoms with Crippen LogP contribution in [-0.2, 0) is 13.0 Å². The first kappa shape index (κ1) is 27.5. The average molecular weight is 515 g/mol. The number of benzene rings is 2. The number of rotatable bonds is 8. The number of aryl methyl sites for hydroxylation is 1. The van der Waals surface area contributed by atoms with E-state index in [4.69, 9.17) is 23.2 Å². The summed E-state index contributed by atoms with van der Waals surface area (Å²) in [5.74, 6) is 2.51. The largest absolute Gasteiger partial charge is 0.371 e. The second-order valence-corrected chi connectivity index (χ2v) is 10.2. The first-order chi connectivity index (χ1) is 16.9. The number of nitrogens with one attached hydrogen (secondary N) is 2. The zero-order valence-corrected chi connectivity index (χ0v) is 23.1. The predicted octanol–water partition coefficient (Wildman–Crippen LogP) is 8.74. The second-order valence-electron chi connectivity index (χ2n) is 9.40. The van der Waals surface area contributed by atoms with Gasteiger partial charge < -0.3 is 15.5 Å². The van der Waals surface area contributed by atoms with Gasteiger partial charge in [0.15, 0.2) is 0 Å². The molecule has 0 aromatic heterocycles. The molecular weight excluding hydrogens is 473 g/mol. The van der Waals surface area contributed by atoms with E-state index in [1.807, 2.05) is 26.0 Å². The molecule has 0 radical (unpaired) electrons. The van der Waals surface area contributed by atoms with Crippen LogP contribution < -0.4 is 10.6 Å². The number of anilines is 1. The van der Waals surface area contributed by atoms with E-state index in [0.29, 0.717) is 16.6 Å². The Morgan fingerprint density at radius 2 is 1.71 bits per heavy atom. The smallest absolute Gasteiger partial charge is 0.0959 e. The zero-order chi connectivity index (χ0) is 25.4. The lowest BCUT2D eigenvalue weighted by Crippen LogP contribution is -2.40. The Bertz CT molecular complexity index is 1020. The Balaban J connectivity index is 0.00000167. The molecule has 1 aliphatic carbocycles. The van der Waals surface area contributed by atoms with Crippen molar-refractivity contribution in [3.05, 3.63) is 82.1 Å². The molecule has 2 aromatic carbocycles. The fourth-order valence-electron chi connectivity index (χ4n) is 5.35. The Morgan fingerprint density at radius 3 is 2.43 bits per heavy atom. The van der Waals surface area contributed by atoms with Crippen LogP contribution in [0, 0.1) is 11.8 Å². The first-order valence-corrected chi connectivity index (χ1v) is 13.9. The summed E-state index contributed by atoms with van der Waals surface area (Å²) >= 11 is 12.3. The maximum atomic E-state index is 6.27. The predicted molar refractivity (Wildman–Crippen MR) is 154 cm³/mol. The van der Waals surface area contributed by atoms with Crippen LogP contribution in [0.1, 0.15) is 69.6 Å². The van der Waals surface area contributed by atoms with Crippen molar-refractivity contribution >= 4 is 34.6 Å². The van der Waals surface area contributed by atoms with Gasteiger partial charge in [-0.05, 0) is 66.5 Å². The molecule has 3 nitrogen and oxygen atoms in total. The van der Waals surface area contributed by atoms with Crippen LogP contribution in [0.4, 0.5) is 5.69 Å². The molecule has 190 valence electrons. The van der Waals surface area contributed by atoms with Gasteiger partial charge in [0.25, 0.3) is 0 Å². The van der Waals surface area contributed by atoms with Gasteiger partial charge in [0.1, 0.15) is 0 Å². The van der Waals surface area contributed by atoms with Crippen molar-refractivity contribution in [2.45, 2.75) is 65.8 Å². The van der Waals surface area contributed by atoms with E-state index < -0.39 is 0 Å². The van der Waals surface area contributed by atoms with Gasteiger partial charge in [0, 0.05) is 46.6 Å². The van der Waals surface area contributed by atoms with Gasteiger partial charge in [-0.25, -0.2) is 0 Å². The van der Waals surface area contributed by atoms with Gasteiger partial charge in [0.2, 0.25) is 0 Å².